The average Bonchev–Trinajstić information content (AvgIpc) is 3.54. The number of benzene rings is 2. The molecule has 2 saturated heterocycles. The number of aliphatic carboxylic acids is 1. The molecule has 2 aromatic rings. The van der Waals surface area contributed by atoms with Crippen LogP contribution in [0.2, 0.25) is 5.02 Å². The number of fused-ring (bicyclic) bond motifs is 1. The molecule has 0 aliphatic carbocycles. The SMILES string of the molecule is COc1ccc(Cl)c2c1CN([C@H]1[C@H](C(C)(C)C)[C@@H](C(=O)O)N(C(=O)[C@@H]3CCCCO3)[C@H]1c1ccccc1C(C)C)C2. The first-order valence-corrected chi connectivity index (χ1v) is 15.2. The van der Waals surface area contributed by atoms with Crippen LogP contribution in [0.25, 0.3) is 0 Å². The van der Waals surface area contributed by atoms with Gasteiger partial charge >= 0.3 is 5.97 Å². The van der Waals surface area contributed by atoms with E-state index in [9.17, 15) is 14.7 Å². The molecule has 3 aliphatic rings. The monoisotopic (exact) mass is 582 g/mol. The molecule has 41 heavy (non-hydrogen) atoms. The third-order valence-corrected chi connectivity index (χ3v) is 9.58. The van der Waals surface area contributed by atoms with Gasteiger partial charge in [0.15, 0.2) is 0 Å². The fourth-order valence-electron chi connectivity index (χ4n) is 7.45. The van der Waals surface area contributed by atoms with Gasteiger partial charge in [-0.3, -0.25) is 9.69 Å². The summed E-state index contributed by atoms with van der Waals surface area (Å²) in [7, 11) is 1.66. The van der Waals surface area contributed by atoms with Crippen LogP contribution < -0.4 is 4.74 Å². The Kier molecular flexibility index (Phi) is 8.44. The van der Waals surface area contributed by atoms with Gasteiger partial charge in [0.2, 0.25) is 0 Å². The van der Waals surface area contributed by atoms with Gasteiger partial charge in [-0.2, -0.15) is 0 Å². The lowest BCUT2D eigenvalue weighted by molar-refractivity contribution is -0.159. The van der Waals surface area contributed by atoms with Crippen molar-refractivity contribution >= 4 is 23.5 Å². The maximum Gasteiger partial charge on any atom is 0.326 e. The van der Waals surface area contributed by atoms with Crippen LogP contribution in [-0.2, 0) is 27.4 Å². The minimum Gasteiger partial charge on any atom is -0.496 e. The highest BCUT2D eigenvalue weighted by Gasteiger charge is 2.61. The fourth-order valence-corrected chi connectivity index (χ4v) is 7.68. The summed E-state index contributed by atoms with van der Waals surface area (Å²) in [5.41, 5.74) is 3.72. The minimum atomic E-state index is -1.01. The number of ether oxygens (including phenoxy) is 2. The van der Waals surface area contributed by atoms with Crippen molar-refractivity contribution in [2.45, 2.75) is 97.1 Å². The van der Waals surface area contributed by atoms with Crippen molar-refractivity contribution in [3.8, 4) is 5.75 Å². The van der Waals surface area contributed by atoms with Gasteiger partial charge in [0, 0.05) is 42.2 Å². The summed E-state index contributed by atoms with van der Waals surface area (Å²) in [6.45, 7) is 12.2. The highest BCUT2D eigenvalue weighted by Crippen LogP contribution is 2.53. The topological polar surface area (TPSA) is 79.3 Å². The molecule has 0 unspecified atom stereocenters. The molecule has 0 aromatic heterocycles. The molecule has 1 amide bonds. The Balaban J connectivity index is 1.72. The maximum atomic E-state index is 14.5. The van der Waals surface area contributed by atoms with Gasteiger partial charge in [0.1, 0.15) is 17.9 Å². The quantitative estimate of drug-likeness (QED) is 0.423. The van der Waals surface area contributed by atoms with E-state index in [4.69, 9.17) is 21.1 Å². The molecule has 5 atom stereocenters. The molecule has 0 saturated carbocycles. The molecular weight excluding hydrogens is 540 g/mol. The van der Waals surface area contributed by atoms with Crippen molar-refractivity contribution in [2.75, 3.05) is 13.7 Å². The zero-order chi connectivity index (χ0) is 29.6. The third-order valence-electron chi connectivity index (χ3n) is 9.23. The van der Waals surface area contributed by atoms with Crippen LogP contribution in [-0.4, -0.2) is 58.7 Å². The smallest absolute Gasteiger partial charge is 0.326 e. The average molecular weight is 583 g/mol. The van der Waals surface area contributed by atoms with E-state index >= 15 is 0 Å². The normalized spacial score (nSPS) is 26.8. The first kappa shape index (κ1) is 29.9. The molecule has 0 bridgehead atoms. The minimum absolute atomic E-state index is 0.192. The summed E-state index contributed by atoms with van der Waals surface area (Å²) in [5.74, 6) is -0.593. The van der Waals surface area contributed by atoms with Gasteiger partial charge in [-0.15, -0.1) is 0 Å². The number of halogens is 1. The van der Waals surface area contributed by atoms with Crippen LogP contribution >= 0.6 is 11.6 Å². The number of methoxy groups -OCH3 is 1. The highest BCUT2D eigenvalue weighted by atomic mass is 35.5. The molecule has 2 fully saturated rings. The summed E-state index contributed by atoms with van der Waals surface area (Å²) >= 11 is 6.72. The maximum absolute atomic E-state index is 14.5. The number of carbonyl (C=O) groups excluding carboxylic acids is 1. The van der Waals surface area contributed by atoms with Gasteiger partial charge in [0.05, 0.1) is 13.2 Å². The number of nitrogens with zero attached hydrogens (tertiary/aromatic N) is 2. The van der Waals surface area contributed by atoms with Gasteiger partial charge < -0.3 is 19.5 Å². The van der Waals surface area contributed by atoms with Crippen LogP contribution in [0.15, 0.2) is 36.4 Å². The highest BCUT2D eigenvalue weighted by molar-refractivity contribution is 6.31. The van der Waals surface area contributed by atoms with Crippen molar-refractivity contribution in [3.05, 3.63) is 63.7 Å². The molecule has 3 aliphatic heterocycles. The molecule has 0 spiro atoms. The van der Waals surface area contributed by atoms with E-state index in [-0.39, 0.29) is 23.8 Å². The van der Waals surface area contributed by atoms with Crippen LogP contribution in [0.4, 0.5) is 0 Å². The number of rotatable bonds is 6. The fraction of sp³-hybridized carbons (Fsp3) is 0.576. The predicted octanol–water partition coefficient (Wildman–Crippen LogP) is 6.42. The molecular formula is C33H43ClN2O5. The first-order chi connectivity index (χ1) is 19.5. The number of hydrogen-bond acceptors (Lipinski definition) is 5. The van der Waals surface area contributed by atoms with E-state index in [0.29, 0.717) is 31.1 Å². The van der Waals surface area contributed by atoms with E-state index in [1.807, 2.05) is 24.3 Å². The molecule has 1 N–H and O–H groups in total. The van der Waals surface area contributed by atoms with Crippen molar-refractivity contribution in [3.63, 3.8) is 0 Å². The van der Waals surface area contributed by atoms with Crippen LogP contribution in [0.5, 0.6) is 5.75 Å². The van der Waals surface area contributed by atoms with Gasteiger partial charge in [-0.05, 0) is 59.4 Å². The number of hydrogen-bond donors (Lipinski definition) is 1. The van der Waals surface area contributed by atoms with Crippen molar-refractivity contribution in [1.82, 2.24) is 9.80 Å². The molecule has 7 nitrogen and oxygen atoms in total. The summed E-state index contributed by atoms with van der Waals surface area (Å²) in [6.07, 6.45) is 1.77. The van der Waals surface area contributed by atoms with Gasteiger partial charge in [0.25, 0.3) is 5.91 Å². The standard InChI is InChI=1S/C33H43ClN2O5/c1-19(2)20-11-7-8-12-21(20)28-29(35-17-22-23(18-35)25(40-6)15-14-24(22)34)27(33(3,4)5)30(32(38)39)36(28)31(37)26-13-9-10-16-41-26/h7-8,11-12,14-15,19,26-30H,9-10,13,16-18H2,1-6H3,(H,38,39)/t26-,27-,28-,29-,30-/m0/s1. The molecule has 2 aromatic carbocycles. The Morgan fingerprint density at radius 3 is 2.39 bits per heavy atom. The van der Waals surface area contributed by atoms with Crippen molar-refractivity contribution < 1.29 is 24.2 Å². The van der Waals surface area contributed by atoms with Crippen molar-refractivity contribution in [1.29, 1.82) is 0 Å². The molecule has 8 heteroatoms. The summed E-state index contributed by atoms with van der Waals surface area (Å²) in [5, 5.41) is 11.5. The first-order valence-electron chi connectivity index (χ1n) is 14.8. The summed E-state index contributed by atoms with van der Waals surface area (Å²) < 4.78 is 11.7. The zero-order valence-electron chi connectivity index (χ0n) is 25.0. The number of carboxylic acid groups (broad SMARTS) is 1. The Morgan fingerprint density at radius 1 is 1.07 bits per heavy atom. The summed E-state index contributed by atoms with van der Waals surface area (Å²) in [4.78, 5) is 31.8. The van der Waals surface area contributed by atoms with E-state index in [2.05, 4.69) is 51.7 Å². The predicted molar refractivity (Wildman–Crippen MR) is 159 cm³/mol. The van der Waals surface area contributed by atoms with Crippen molar-refractivity contribution in [2.24, 2.45) is 11.3 Å². The number of carboxylic acids is 1. The summed E-state index contributed by atoms with van der Waals surface area (Å²) in [6, 6.07) is 10.2. The van der Waals surface area contributed by atoms with Crippen LogP contribution in [0.3, 0.4) is 0 Å². The van der Waals surface area contributed by atoms with E-state index in [0.717, 1.165) is 40.8 Å². The van der Waals surface area contributed by atoms with Crippen LogP contribution in [0, 0.1) is 11.3 Å². The Bertz CT molecular complexity index is 1300. The van der Waals surface area contributed by atoms with E-state index in [1.165, 1.54) is 0 Å². The number of carbonyl (C=O) groups is 2. The van der Waals surface area contributed by atoms with Crippen LogP contribution in [0.1, 0.15) is 88.1 Å². The number of likely N-dealkylation sites (tertiary alicyclic amines) is 1. The largest absolute Gasteiger partial charge is 0.496 e. The Morgan fingerprint density at radius 2 is 1.78 bits per heavy atom. The van der Waals surface area contributed by atoms with E-state index in [1.54, 1.807) is 12.0 Å². The molecule has 5 rings (SSSR count). The van der Waals surface area contributed by atoms with Gasteiger partial charge in [-0.25, -0.2) is 4.79 Å². The second-order valence-corrected chi connectivity index (χ2v) is 13.5. The zero-order valence-corrected chi connectivity index (χ0v) is 25.8. The molecule has 3 heterocycles. The lowest BCUT2D eigenvalue weighted by atomic mass is 9.71. The molecule has 0 radical (unpaired) electrons. The molecule has 222 valence electrons. The van der Waals surface area contributed by atoms with E-state index < -0.39 is 29.6 Å². The lowest BCUT2D eigenvalue weighted by Crippen LogP contribution is -2.51. The van der Waals surface area contributed by atoms with Gasteiger partial charge in [-0.1, -0.05) is 70.5 Å². The second-order valence-electron chi connectivity index (χ2n) is 13.1. The Hall–Kier alpha value is -2.61. The number of amides is 1. The third kappa shape index (κ3) is 5.37. The lowest BCUT2D eigenvalue weighted by Gasteiger charge is -2.40. The second kappa shape index (κ2) is 11.6. The Labute approximate surface area is 248 Å².